The van der Waals surface area contributed by atoms with Crippen molar-refractivity contribution in [3.8, 4) is 0 Å². The molecule has 0 spiro atoms. The third-order valence-electron chi connectivity index (χ3n) is 5.24. The first-order valence-corrected chi connectivity index (χ1v) is 9.06. The van der Waals surface area contributed by atoms with Crippen molar-refractivity contribution in [2.45, 2.75) is 19.3 Å². The molecule has 26 heavy (non-hydrogen) atoms. The van der Waals surface area contributed by atoms with Crippen molar-refractivity contribution in [2.75, 3.05) is 39.8 Å². The lowest BCUT2D eigenvalue weighted by atomic mass is 9.96. The Hall–Kier alpha value is -1.66. The molecule has 5 nitrogen and oxygen atoms in total. The summed E-state index contributed by atoms with van der Waals surface area (Å²) in [6.07, 6.45) is 2.70. The number of piperidine rings is 1. The van der Waals surface area contributed by atoms with Gasteiger partial charge < -0.3 is 15.1 Å². The molecule has 2 heterocycles. The summed E-state index contributed by atoms with van der Waals surface area (Å²) >= 11 is 0. The molecule has 0 aliphatic carbocycles. The standard InChI is InChI=1S/C19H26FN3O2.ClH/c1-21-11-14-8-10-23(12-14)19(25)16-3-2-9-22(13-16)18(24)15-4-6-17(20)7-5-15;/h4-7,14,16,21H,2-3,8-13H2,1H3;1H. The first kappa shape index (κ1) is 20.6. The Kier molecular flexibility index (Phi) is 7.41. The van der Waals surface area contributed by atoms with Crippen LogP contribution < -0.4 is 5.32 Å². The summed E-state index contributed by atoms with van der Waals surface area (Å²) in [5, 5.41) is 3.18. The van der Waals surface area contributed by atoms with Gasteiger partial charge in [0.2, 0.25) is 5.91 Å². The van der Waals surface area contributed by atoms with Gasteiger partial charge in [-0.05, 0) is 63.0 Å². The Labute approximate surface area is 160 Å². The highest BCUT2D eigenvalue weighted by Crippen LogP contribution is 2.24. The minimum absolute atomic E-state index is 0. The van der Waals surface area contributed by atoms with Crippen LogP contribution >= 0.6 is 12.4 Å². The van der Waals surface area contributed by atoms with E-state index in [4.69, 9.17) is 0 Å². The van der Waals surface area contributed by atoms with Gasteiger partial charge in [0.15, 0.2) is 0 Å². The Morgan fingerprint density at radius 1 is 1.12 bits per heavy atom. The van der Waals surface area contributed by atoms with E-state index in [0.717, 1.165) is 38.9 Å². The zero-order valence-corrected chi connectivity index (χ0v) is 15.9. The van der Waals surface area contributed by atoms with Crippen molar-refractivity contribution in [2.24, 2.45) is 11.8 Å². The smallest absolute Gasteiger partial charge is 0.253 e. The van der Waals surface area contributed by atoms with Gasteiger partial charge in [-0.15, -0.1) is 12.4 Å². The third-order valence-corrected chi connectivity index (χ3v) is 5.24. The van der Waals surface area contributed by atoms with Crippen molar-refractivity contribution < 1.29 is 14.0 Å². The molecule has 2 amide bonds. The molecule has 2 unspecified atom stereocenters. The fourth-order valence-corrected chi connectivity index (χ4v) is 3.88. The number of amides is 2. The Morgan fingerprint density at radius 3 is 2.54 bits per heavy atom. The number of likely N-dealkylation sites (tertiary alicyclic amines) is 2. The monoisotopic (exact) mass is 383 g/mol. The summed E-state index contributed by atoms with van der Waals surface area (Å²) in [6.45, 7) is 3.67. The Morgan fingerprint density at radius 2 is 1.85 bits per heavy atom. The van der Waals surface area contributed by atoms with E-state index in [2.05, 4.69) is 5.32 Å². The van der Waals surface area contributed by atoms with E-state index in [1.807, 2.05) is 11.9 Å². The zero-order valence-electron chi connectivity index (χ0n) is 15.1. The number of carbonyl (C=O) groups excluding carboxylic acids is 2. The van der Waals surface area contributed by atoms with Gasteiger partial charge in [0.1, 0.15) is 5.82 Å². The third kappa shape index (κ3) is 4.74. The van der Waals surface area contributed by atoms with Gasteiger partial charge in [0, 0.05) is 31.7 Å². The molecule has 7 heteroatoms. The fourth-order valence-electron chi connectivity index (χ4n) is 3.88. The number of nitrogens with zero attached hydrogens (tertiary/aromatic N) is 2. The van der Waals surface area contributed by atoms with E-state index in [9.17, 15) is 14.0 Å². The maximum Gasteiger partial charge on any atom is 0.253 e. The SMILES string of the molecule is CNCC1CCN(C(=O)C2CCCN(C(=O)c3ccc(F)cc3)C2)C1.Cl. The topological polar surface area (TPSA) is 52.7 Å². The minimum atomic E-state index is -0.353. The number of nitrogens with one attached hydrogen (secondary N) is 1. The summed E-state index contributed by atoms with van der Waals surface area (Å²) < 4.78 is 13.0. The second-order valence-corrected chi connectivity index (χ2v) is 7.09. The molecule has 2 aliphatic rings. The lowest BCUT2D eigenvalue weighted by molar-refractivity contribution is -0.136. The van der Waals surface area contributed by atoms with E-state index in [-0.39, 0.29) is 36.0 Å². The van der Waals surface area contributed by atoms with Gasteiger partial charge in [-0.1, -0.05) is 0 Å². The molecule has 0 aromatic heterocycles. The predicted molar refractivity (Wildman–Crippen MR) is 101 cm³/mol. The molecular formula is C19H27ClFN3O2. The molecule has 0 saturated carbocycles. The number of carbonyl (C=O) groups is 2. The van der Waals surface area contributed by atoms with Gasteiger partial charge in [-0.25, -0.2) is 4.39 Å². The van der Waals surface area contributed by atoms with E-state index >= 15 is 0 Å². The van der Waals surface area contributed by atoms with Crippen molar-refractivity contribution in [1.82, 2.24) is 15.1 Å². The van der Waals surface area contributed by atoms with Gasteiger partial charge in [-0.3, -0.25) is 9.59 Å². The molecule has 0 bridgehead atoms. The zero-order chi connectivity index (χ0) is 17.8. The van der Waals surface area contributed by atoms with Gasteiger partial charge >= 0.3 is 0 Å². The quantitative estimate of drug-likeness (QED) is 0.867. The molecule has 1 aromatic rings. The summed E-state index contributed by atoms with van der Waals surface area (Å²) in [5.74, 6) is 0.108. The highest BCUT2D eigenvalue weighted by Gasteiger charge is 2.34. The van der Waals surface area contributed by atoms with Crippen molar-refractivity contribution in [3.63, 3.8) is 0 Å². The molecule has 1 N–H and O–H groups in total. The van der Waals surface area contributed by atoms with Crippen molar-refractivity contribution in [3.05, 3.63) is 35.6 Å². The molecule has 144 valence electrons. The molecule has 1 aromatic carbocycles. The summed E-state index contributed by atoms with van der Waals surface area (Å²) in [6, 6.07) is 5.61. The molecule has 0 radical (unpaired) electrons. The van der Waals surface area contributed by atoms with Crippen LogP contribution in [0.25, 0.3) is 0 Å². The second-order valence-electron chi connectivity index (χ2n) is 7.09. The van der Waals surface area contributed by atoms with E-state index < -0.39 is 0 Å². The number of hydrogen-bond donors (Lipinski definition) is 1. The van der Waals surface area contributed by atoms with Crippen LogP contribution in [0.4, 0.5) is 4.39 Å². The number of halogens is 2. The lowest BCUT2D eigenvalue weighted by Gasteiger charge is -2.34. The highest BCUT2D eigenvalue weighted by molar-refractivity contribution is 5.94. The molecule has 3 rings (SSSR count). The maximum atomic E-state index is 13.0. The fraction of sp³-hybridized carbons (Fsp3) is 0.579. The summed E-state index contributed by atoms with van der Waals surface area (Å²) in [7, 11) is 1.94. The first-order valence-electron chi connectivity index (χ1n) is 9.06. The van der Waals surface area contributed by atoms with Crippen LogP contribution in [-0.2, 0) is 4.79 Å². The lowest BCUT2D eigenvalue weighted by Crippen LogP contribution is -2.46. The average molecular weight is 384 g/mol. The molecular weight excluding hydrogens is 357 g/mol. The van der Waals surface area contributed by atoms with E-state index in [1.165, 1.54) is 24.3 Å². The van der Waals surface area contributed by atoms with Crippen LogP contribution in [0.15, 0.2) is 24.3 Å². The van der Waals surface area contributed by atoms with E-state index in [1.54, 1.807) is 4.90 Å². The molecule has 2 atom stereocenters. The first-order chi connectivity index (χ1) is 12.1. The molecule has 2 fully saturated rings. The van der Waals surface area contributed by atoms with Crippen LogP contribution in [0, 0.1) is 17.7 Å². The normalized spacial score (nSPS) is 22.8. The Balaban J connectivity index is 0.00000243. The number of rotatable bonds is 4. The Bertz CT molecular complexity index is 626. The predicted octanol–water partition coefficient (Wildman–Crippen LogP) is 2.17. The summed E-state index contributed by atoms with van der Waals surface area (Å²) in [5.41, 5.74) is 0.477. The van der Waals surface area contributed by atoms with E-state index in [0.29, 0.717) is 24.6 Å². The summed E-state index contributed by atoms with van der Waals surface area (Å²) in [4.78, 5) is 29.1. The molecule has 2 aliphatic heterocycles. The highest BCUT2D eigenvalue weighted by atomic mass is 35.5. The largest absolute Gasteiger partial charge is 0.342 e. The van der Waals surface area contributed by atoms with Crippen LogP contribution in [0.2, 0.25) is 0 Å². The maximum absolute atomic E-state index is 13.0. The molecule has 2 saturated heterocycles. The number of benzene rings is 1. The van der Waals surface area contributed by atoms with Crippen LogP contribution in [0.1, 0.15) is 29.6 Å². The number of hydrogen-bond acceptors (Lipinski definition) is 3. The van der Waals surface area contributed by atoms with Crippen LogP contribution in [-0.4, -0.2) is 61.4 Å². The van der Waals surface area contributed by atoms with Gasteiger partial charge in [-0.2, -0.15) is 0 Å². The van der Waals surface area contributed by atoms with Gasteiger partial charge in [0.05, 0.1) is 5.92 Å². The van der Waals surface area contributed by atoms with Crippen molar-refractivity contribution >= 4 is 24.2 Å². The van der Waals surface area contributed by atoms with Gasteiger partial charge in [0.25, 0.3) is 5.91 Å². The minimum Gasteiger partial charge on any atom is -0.342 e. The second kappa shape index (κ2) is 9.33. The average Bonchev–Trinajstić information content (AvgIpc) is 3.10. The van der Waals surface area contributed by atoms with Crippen LogP contribution in [0.3, 0.4) is 0 Å². The van der Waals surface area contributed by atoms with Crippen LogP contribution in [0.5, 0.6) is 0 Å². The van der Waals surface area contributed by atoms with Crippen molar-refractivity contribution in [1.29, 1.82) is 0 Å².